The molecule has 35 heavy (non-hydrogen) atoms. The number of rotatable bonds is 9. The van der Waals surface area contributed by atoms with Gasteiger partial charge < -0.3 is 14.8 Å². The van der Waals surface area contributed by atoms with E-state index in [2.05, 4.69) is 11.9 Å². The predicted molar refractivity (Wildman–Crippen MR) is 140 cm³/mol. The number of nitrogens with one attached hydrogen (secondary N) is 1. The summed E-state index contributed by atoms with van der Waals surface area (Å²) in [6.07, 6.45) is 3.14. The van der Waals surface area contributed by atoms with Gasteiger partial charge in [-0.1, -0.05) is 42.0 Å². The molecule has 0 bridgehead atoms. The molecule has 0 aromatic heterocycles. The molecule has 3 rings (SSSR count). The van der Waals surface area contributed by atoms with Gasteiger partial charge in [-0.2, -0.15) is 0 Å². The van der Waals surface area contributed by atoms with Crippen LogP contribution < -0.4 is 14.8 Å². The van der Waals surface area contributed by atoms with Crippen LogP contribution in [0.25, 0.3) is 6.08 Å². The summed E-state index contributed by atoms with van der Waals surface area (Å²) >= 11 is 7.14. The Kier molecular flexibility index (Phi) is 8.64. The monoisotopic (exact) mass is 514 g/mol. The Labute approximate surface area is 214 Å². The van der Waals surface area contributed by atoms with Crippen molar-refractivity contribution in [3.8, 4) is 11.5 Å². The van der Waals surface area contributed by atoms with E-state index in [4.69, 9.17) is 21.1 Å². The molecule has 1 heterocycles. The van der Waals surface area contributed by atoms with Crippen LogP contribution in [0.1, 0.15) is 29.2 Å². The first-order valence-corrected chi connectivity index (χ1v) is 12.2. The largest absolute Gasteiger partial charge is 0.490 e. The highest BCUT2D eigenvalue weighted by atomic mass is 35.5. The van der Waals surface area contributed by atoms with Crippen molar-refractivity contribution in [3.05, 3.63) is 69.1 Å². The molecular formula is C26H27ClN2O5S. The summed E-state index contributed by atoms with van der Waals surface area (Å²) in [5.74, 6) is -0.213. The summed E-state index contributed by atoms with van der Waals surface area (Å²) in [6, 6.07) is 7.21. The zero-order chi connectivity index (χ0) is 25.7. The van der Waals surface area contributed by atoms with E-state index in [1.165, 1.54) is 0 Å². The second-order valence-electron chi connectivity index (χ2n) is 7.95. The number of nitrogens with zero attached hydrogens (tertiary/aromatic N) is 1. The number of imide groups is 1. The Bertz CT molecular complexity index is 1200. The maximum absolute atomic E-state index is 12.9. The van der Waals surface area contributed by atoms with Gasteiger partial charge in [0.05, 0.1) is 16.5 Å². The Hall–Kier alpha value is -3.23. The number of hydrogen-bond donors (Lipinski definition) is 1. The van der Waals surface area contributed by atoms with E-state index in [1.54, 1.807) is 24.3 Å². The molecule has 0 radical (unpaired) electrons. The molecule has 1 aliphatic heterocycles. The number of thioether (sulfide) groups is 1. The SMILES string of the molecule is C=CCOc1c(Cl)cc(/C=C2/SC(=O)N(CC(=O)Nc3c(C)cc(C)cc3C)C2=O)cc1OCC. The summed E-state index contributed by atoms with van der Waals surface area (Å²) < 4.78 is 11.2. The van der Waals surface area contributed by atoms with Crippen molar-refractivity contribution in [1.82, 2.24) is 4.90 Å². The molecule has 0 unspecified atom stereocenters. The minimum Gasteiger partial charge on any atom is -0.490 e. The van der Waals surface area contributed by atoms with Crippen LogP contribution in [0.4, 0.5) is 10.5 Å². The number of aryl methyl sites for hydroxylation is 3. The highest BCUT2D eigenvalue weighted by Gasteiger charge is 2.36. The summed E-state index contributed by atoms with van der Waals surface area (Å²) in [6.45, 7) is 11.5. The fourth-order valence-corrected chi connectivity index (χ4v) is 4.82. The molecule has 2 aromatic carbocycles. The minimum atomic E-state index is -0.548. The predicted octanol–water partition coefficient (Wildman–Crippen LogP) is 5.90. The molecule has 1 N–H and O–H groups in total. The lowest BCUT2D eigenvalue weighted by atomic mass is 10.1. The standard InChI is InChI=1S/C26H27ClN2O5S/c1-6-8-34-24-19(27)11-18(12-20(24)33-7-2)13-21-25(31)29(26(32)35-21)14-22(30)28-23-16(4)9-15(3)10-17(23)5/h6,9-13H,1,7-8,14H2,2-5H3,(H,28,30)/b21-13+. The van der Waals surface area contributed by atoms with Crippen molar-refractivity contribution in [2.24, 2.45) is 0 Å². The maximum Gasteiger partial charge on any atom is 0.294 e. The number of amides is 3. The first-order valence-electron chi connectivity index (χ1n) is 11.0. The Balaban J connectivity index is 1.79. The third-order valence-electron chi connectivity index (χ3n) is 5.09. The molecule has 0 atom stereocenters. The first kappa shape index (κ1) is 26.4. The van der Waals surface area contributed by atoms with Crippen LogP contribution in [-0.4, -0.2) is 41.7 Å². The van der Waals surface area contributed by atoms with Gasteiger partial charge in [-0.25, -0.2) is 0 Å². The lowest BCUT2D eigenvalue weighted by Gasteiger charge is -2.16. The van der Waals surface area contributed by atoms with Gasteiger partial charge in [0.15, 0.2) is 11.5 Å². The average molecular weight is 515 g/mol. The van der Waals surface area contributed by atoms with E-state index in [1.807, 2.05) is 39.8 Å². The molecule has 1 fully saturated rings. The van der Waals surface area contributed by atoms with Gasteiger partial charge in [0.25, 0.3) is 11.1 Å². The number of carbonyl (C=O) groups excluding carboxylic acids is 3. The van der Waals surface area contributed by atoms with Crippen LogP contribution in [0.5, 0.6) is 11.5 Å². The molecule has 184 valence electrons. The van der Waals surface area contributed by atoms with Crippen molar-refractivity contribution in [2.75, 3.05) is 25.1 Å². The van der Waals surface area contributed by atoms with E-state index in [-0.39, 0.29) is 18.1 Å². The van der Waals surface area contributed by atoms with E-state index in [9.17, 15) is 14.4 Å². The maximum atomic E-state index is 12.9. The van der Waals surface area contributed by atoms with Gasteiger partial charge in [0, 0.05) is 5.69 Å². The molecule has 7 nitrogen and oxygen atoms in total. The van der Waals surface area contributed by atoms with Crippen molar-refractivity contribution < 1.29 is 23.9 Å². The van der Waals surface area contributed by atoms with Crippen molar-refractivity contribution in [3.63, 3.8) is 0 Å². The normalized spacial score (nSPS) is 14.4. The van der Waals surface area contributed by atoms with E-state index < -0.39 is 17.1 Å². The molecule has 0 saturated carbocycles. The fourth-order valence-electron chi connectivity index (χ4n) is 3.70. The first-order chi connectivity index (χ1) is 16.6. The summed E-state index contributed by atoms with van der Waals surface area (Å²) in [7, 11) is 0. The molecule has 3 amide bonds. The van der Waals surface area contributed by atoms with E-state index in [0.29, 0.717) is 34.4 Å². The van der Waals surface area contributed by atoms with Gasteiger partial charge in [0.1, 0.15) is 13.2 Å². The third kappa shape index (κ3) is 6.26. The quantitative estimate of drug-likeness (QED) is 0.331. The zero-order valence-corrected chi connectivity index (χ0v) is 21.6. The molecule has 1 saturated heterocycles. The van der Waals surface area contributed by atoms with Gasteiger partial charge in [-0.05, 0) is 74.4 Å². The fraction of sp³-hybridized carbons (Fsp3) is 0.269. The van der Waals surface area contributed by atoms with Gasteiger partial charge in [-0.3, -0.25) is 19.3 Å². The number of carbonyl (C=O) groups is 3. The van der Waals surface area contributed by atoms with Gasteiger partial charge in [-0.15, -0.1) is 0 Å². The van der Waals surface area contributed by atoms with Crippen LogP contribution in [-0.2, 0) is 9.59 Å². The highest BCUT2D eigenvalue weighted by Crippen LogP contribution is 2.39. The summed E-state index contributed by atoms with van der Waals surface area (Å²) in [4.78, 5) is 39.2. The lowest BCUT2D eigenvalue weighted by molar-refractivity contribution is -0.127. The molecule has 1 aliphatic rings. The average Bonchev–Trinajstić information content (AvgIpc) is 3.03. The van der Waals surface area contributed by atoms with Crippen LogP contribution >= 0.6 is 23.4 Å². The number of ether oxygens (including phenoxy) is 2. The Morgan fingerprint density at radius 2 is 1.83 bits per heavy atom. The van der Waals surface area contributed by atoms with Crippen LogP contribution in [0, 0.1) is 20.8 Å². The smallest absolute Gasteiger partial charge is 0.294 e. The van der Waals surface area contributed by atoms with Crippen LogP contribution in [0.15, 0.2) is 41.8 Å². The number of anilines is 1. The van der Waals surface area contributed by atoms with Crippen LogP contribution in [0.3, 0.4) is 0 Å². The number of halogens is 1. The summed E-state index contributed by atoms with van der Waals surface area (Å²) in [5, 5.41) is 2.60. The molecule has 0 aliphatic carbocycles. The molecule has 0 spiro atoms. The highest BCUT2D eigenvalue weighted by molar-refractivity contribution is 8.18. The lowest BCUT2D eigenvalue weighted by Crippen LogP contribution is -2.36. The number of benzene rings is 2. The molecule has 9 heteroatoms. The molecular weight excluding hydrogens is 488 g/mol. The summed E-state index contributed by atoms with van der Waals surface area (Å²) in [5.41, 5.74) is 4.15. The Morgan fingerprint density at radius 3 is 2.46 bits per heavy atom. The Morgan fingerprint density at radius 1 is 1.14 bits per heavy atom. The van der Waals surface area contributed by atoms with Crippen molar-refractivity contribution >= 4 is 52.2 Å². The number of hydrogen-bond acceptors (Lipinski definition) is 6. The third-order valence-corrected chi connectivity index (χ3v) is 6.28. The zero-order valence-electron chi connectivity index (χ0n) is 20.1. The van der Waals surface area contributed by atoms with Crippen molar-refractivity contribution in [1.29, 1.82) is 0 Å². The van der Waals surface area contributed by atoms with Gasteiger partial charge >= 0.3 is 0 Å². The minimum absolute atomic E-state index is 0.184. The van der Waals surface area contributed by atoms with E-state index >= 15 is 0 Å². The second-order valence-corrected chi connectivity index (χ2v) is 9.35. The van der Waals surface area contributed by atoms with Crippen molar-refractivity contribution in [2.45, 2.75) is 27.7 Å². The topological polar surface area (TPSA) is 84.9 Å². The van der Waals surface area contributed by atoms with E-state index in [0.717, 1.165) is 33.4 Å². The second kappa shape index (κ2) is 11.5. The van der Waals surface area contributed by atoms with Crippen LogP contribution in [0.2, 0.25) is 5.02 Å². The molecule has 2 aromatic rings. The van der Waals surface area contributed by atoms with Gasteiger partial charge in [0.2, 0.25) is 5.91 Å².